The highest BCUT2D eigenvalue weighted by molar-refractivity contribution is 6.30. The van der Waals surface area contributed by atoms with E-state index in [-0.39, 0.29) is 25.0 Å². The van der Waals surface area contributed by atoms with Crippen molar-refractivity contribution >= 4 is 23.4 Å². The summed E-state index contributed by atoms with van der Waals surface area (Å²) in [5.74, 6) is 0.743. The van der Waals surface area contributed by atoms with E-state index in [1.807, 2.05) is 52.0 Å². The van der Waals surface area contributed by atoms with E-state index in [9.17, 15) is 9.59 Å². The molecule has 0 aromatic heterocycles. The van der Waals surface area contributed by atoms with Crippen LogP contribution in [-0.2, 0) is 16.1 Å². The molecule has 0 aliphatic carbocycles. The average molecular weight is 447 g/mol. The molecule has 0 aliphatic heterocycles. The van der Waals surface area contributed by atoms with Crippen LogP contribution in [0.4, 0.5) is 0 Å². The average Bonchev–Trinajstić information content (AvgIpc) is 2.71. The van der Waals surface area contributed by atoms with Crippen molar-refractivity contribution in [2.75, 3.05) is 13.7 Å². The number of nitrogens with one attached hydrogen (secondary N) is 1. The first-order valence-corrected chi connectivity index (χ1v) is 10.6. The van der Waals surface area contributed by atoms with E-state index in [2.05, 4.69) is 5.32 Å². The van der Waals surface area contributed by atoms with Crippen LogP contribution in [0.2, 0.25) is 5.02 Å². The lowest BCUT2D eigenvalue weighted by Gasteiger charge is -2.33. The van der Waals surface area contributed by atoms with Crippen molar-refractivity contribution in [2.24, 2.45) is 0 Å². The number of amides is 2. The second kappa shape index (κ2) is 11.0. The Labute approximate surface area is 189 Å². The molecule has 0 spiro atoms. The molecule has 0 saturated carbocycles. The molecule has 168 valence electrons. The molecule has 31 heavy (non-hydrogen) atoms. The summed E-state index contributed by atoms with van der Waals surface area (Å²) in [4.78, 5) is 27.7. The number of methoxy groups -OCH3 is 1. The van der Waals surface area contributed by atoms with Gasteiger partial charge >= 0.3 is 0 Å². The molecule has 0 saturated heterocycles. The monoisotopic (exact) mass is 446 g/mol. The van der Waals surface area contributed by atoms with E-state index in [0.717, 1.165) is 11.3 Å². The minimum atomic E-state index is -0.628. The molecule has 2 rings (SSSR count). The highest BCUT2D eigenvalue weighted by Gasteiger charge is 2.30. The molecule has 0 fully saturated rings. The number of nitrogens with zero attached hydrogens (tertiary/aromatic N) is 1. The normalized spacial score (nSPS) is 12.1. The van der Waals surface area contributed by atoms with Crippen LogP contribution in [0, 0.1) is 0 Å². The van der Waals surface area contributed by atoms with Crippen LogP contribution < -0.4 is 14.8 Å². The van der Waals surface area contributed by atoms with Gasteiger partial charge in [-0.1, -0.05) is 36.7 Å². The highest BCUT2D eigenvalue weighted by Crippen LogP contribution is 2.19. The second-order valence-corrected chi connectivity index (χ2v) is 8.72. The fourth-order valence-corrected chi connectivity index (χ4v) is 3.27. The minimum Gasteiger partial charge on any atom is -0.497 e. The number of rotatable bonds is 9. The zero-order valence-corrected chi connectivity index (χ0v) is 19.5. The standard InChI is InChI=1S/C24H31ClN2O4/c1-6-21(23(29)26-24(2,3)4)27(15-17-10-12-19(30-5)13-11-17)22(28)16-31-20-9-7-8-18(25)14-20/h7-14,21H,6,15-16H2,1-5H3,(H,26,29)/t21-/m0/s1. The predicted molar refractivity (Wildman–Crippen MR) is 122 cm³/mol. The van der Waals surface area contributed by atoms with Crippen LogP contribution in [0.15, 0.2) is 48.5 Å². The Kier molecular flexibility index (Phi) is 8.75. The summed E-state index contributed by atoms with van der Waals surface area (Å²) < 4.78 is 10.9. The summed E-state index contributed by atoms with van der Waals surface area (Å²) in [5.41, 5.74) is 0.482. The number of hydrogen-bond donors (Lipinski definition) is 1. The molecule has 1 atom stereocenters. The Morgan fingerprint density at radius 3 is 2.32 bits per heavy atom. The first-order chi connectivity index (χ1) is 14.6. The lowest BCUT2D eigenvalue weighted by Crippen LogP contribution is -2.54. The van der Waals surface area contributed by atoms with Gasteiger partial charge in [0.15, 0.2) is 6.61 Å². The topological polar surface area (TPSA) is 67.9 Å². The first kappa shape index (κ1) is 24.5. The number of hydrogen-bond acceptors (Lipinski definition) is 4. The third-order valence-electron chi connectivity index (χ3n) is 4.55. The Morgan fingerprint density at radius 1 is 1.10 bits per heavy atom. The zero-order valence-electron chi connectivity index (χ0n) is 18.8. The molecular weight excluding hydrogens is 416 g/mol. The summed E-state index contributed by atoms with van der Waals surface area (Å²) in [6.45, 7) is 7.70. The van der Waals surface area contributed by atoms with Gasteiger partial charge in [-0.2, -0.15) is 0 Å². The largest absolute Gasteiger partial charge is 0.497 e. The maximum absolute atomic E-state index is 13.2. The van der Waals surface area contributed by atoms with E-state index in [1.165, 1.54) is 0 Å². The molecule has 0 bridgehead atoms. The number of ether oxygens (including phenoxy) is 2. The second-order valence-electron chi connectivity index (χ2n) is 8.28. The van der Waals surface area contributed by atoms with Crippen LogP contribution in [0.5, 0.6) is 11.5 Å². The first-order valence-electron chi connectivity index (χ1n) is 10.3. The van der Waals surface area contributed by atoms with Gasteiger partial charge in [0.2, 0.25) is 5.91 Å². The van der Waals surface area contributed by atoms with E-state index < -0.39 is 11.6 Å². The molecule has 6 nitrogen and oxygen atoms in total. The Bertz CT molecular complexity index is 878. The highest BCUT2D eigenvalue weighted by atomic mass is 35.5. The third kappa shape index (κ3) is 7.79. The lowest BCUT2D eigenvalue weighted by molar-refractivity contribution is -0.143. The summed E-state index contributed by atoms with van der Waals surface area (Å²) in [6, 6.07) is 13.7. The third-order valence-corrected chi connectivity index (χ3v) is 4.79. The summed E-state index contributed by atoms with van der Waals surface area (Å²) in [7, 11) is 1.60. The van der Waals surface area contributed by atoms with Gasteiger partial charge in [0.25, 0.3) is 5.91 Å². The molecule has 2 aromatic rings. The van der Waals surface area contributed by atoms with Crippen LogP contribution in [0.25, 0.3) is 0 Å². The van der Waals surface area contributed by atoms with E-state index in [1.54, 1.807) is 36.3 Å². The van der Waals surface area contributed by atoms with Crippen molar-refractivity contribution in [2.45, 2.75) is 52.2 Å². The summed E-state index contributed by atoms with van der Waals surface area (Å²) in [5, 5.41) is 3.50. The Morgan fingerprint density at radius 2 is 1.77 bits per heavy atom. The maximum atomic E-state index is 13.2. The molecule has 0 radical (unpaired) electrons. The van der Waals surface area contributed by atoms with Crippen molar-refractivity contribution in [3.8, 4) is 11.5 Å². The van der Waals surface area contributed by atoms with Crippen molar-refractivity contribution in [3.63, 3.8) is 0 Å². The molecule has 7 heteroatoms. The smallest absolute Gasteiger partial charge is 0.261 e. The van der Waals surface area contributed by atoms with Crippen LogP contribution >= 0.6 is 11.6 Å². The summed E-state index contributed by atoms with van der Waals surface area (Å²) >= 11 is 5.99. The Hall–Kier alpha value is -2.73. The number of benzene rings is 2. The quantitative estimate of drug-likeness (QED) is 0.617. The molecular formula is C24H31ClN2O4. The van der Waals surface area contributed by atoms with E-state index in [0.29, 0.717) is 17.2 Å². The number of halogens is 1. The maximum Gasteiger partial charge on any atom is 0.261 e. The molecule has 0 heterocycles. The van der Waals surface area contributed by atoms with Gasteiger partial charge in [-0.05, 0) is 63.1 Å². The predicted octanol–water partition coefficient (Wildman–Crippen LogP) is 4.45. The van der Waals surface area contributed by atoms with E-state index in [4.69, 9.17) is 21.1 Å². The lowest BCUT2D eigenvalue weighted by atomic mass is 10.1. The van der Waals surface area contributed by atoms with Crippen molar-refractivity contribution in [1.29, 1.82) is 0 Å². The van der Waals surface area contributed by atoms with Crippen LogP contribution in [0.3, 0.4) is 0 Å². The minimum absolute atomic E-state index is 0.195. The van der Waals surface area contributed by atoms with Gasteiger partial charge in [0, 0.05) is 17.1 Å². The molecule has 0 unspecified atom stereocenters. The van der Waals surface area contributed by atoms with Gasteiger partial charge in [0.05, 0.1) is 7.11 Å². The van der Waals surface area contributed by atoms with Crippen molar-refractivity contribution in [3.05, 3.63) is 59.1 Å². The van der Waals surface area contributed by atoms with Gasteiger partial charge in [0.1, 0.15) is 17.5 Å². The zero-order chi connectivity index (χ0) is 23.0. The number of carbonyl (C=O) groups excluding carboxylic acids is 2. The van der Waals surface area contributed by atoms with Crippen molar-refractivity contribution < 1.29 is 19.1 Å². The SMILES string of the molecule is CC[C@@H](C(=O)NC(C)(C)C)N(Cc1ccc(OC)cc1)C(=O)COc1cccc(Cl)c1. The fraction of sp³-hybridized carbons (Fsp3) is 0.417. The Balaban J connectivity index is 2.23. The van der Waals surface area contributed by atoms with Gasteiger partial charge in [-0.3, -0.25) is 9.59 Å². The molecule has 1 N–H and O–H groups in total. The molecule has 2 aromatic carbocycles. The molecule has 0 aliphatic rings. The number of carbonyl (C=O) groups is 2. The fourth-order valence-electron chi connectivity index (χ4n) is 3.08. The van der Waals surface area contributed by atoms with Gasteiger partial charge in [-0.25, -0.2) is 0 Å². The van der Waals surface area contributed by atoms with E-state index >= 15 is 0 Å². The van der Waals surface area contributed by atoms with Crippen molar-refractivity contribution in [1.82, 2.24) is 10.2 Å². The van der Waals surface area contributed by atoms with Crippen LogP contribution in [0.1, 0.15) is 39.7 Å². The van der Waals surface area contributed by atoms with Gasteiger partial charge in [-0.15, -0.1) is 0 Å². The molecule has 2 amide bonds. The van der Waals surface area contributed by atoms with Gasteiger partial charge < -0.3 is 19.7 Å². The van der Waals surface area contributed by atoms with Crippen LogP contribution in [-0.4, -0.2) is 42.0 Å². The summed E-state index contributed by atoms with van der Waals surface area (Å²) in [6.07, 6.45) is 0.473.